The number of nitrogens with one attached hydrogen (secondary N) is 1. The summed E-state index contributed by atoms with van der Waals surface area (Å²) < 4.78 is 0. The second kappa shape index (κ2) is 4.77. The Morgan fingerprint density at radius 2 is 2.25 bits per heavy atom. The Morgan fingerprint density at radius 1 is 1.50 bits per heavy atom. The summed E-state index contributed by atoms with van der Waals surface area (Å²) in [6.45, 7) is 6.72. The normalized spacial score (nSPS) is 28.1. The molecule has 0 bridgehead atoms. The van der Waals surface area contributed by atoms with Crippen LogP contribution in [0.3, 0.4) is 0 Å². The van der Waals surface area contributed by atoms with Crippen molar-refractivity contribution < 1.29 is 0 Å². The number of halogens is 1. The maximum absolute atomic E-state index is 6.07. The topological polar surface area (TPSA) is 12.0 Å². The highest BCUT2D eigenvalue weighted by atomic mass is 35.5. The fraction of sp³-hybridized carbons (Fsp3) is 0.571. The van der Waals surface area contributed by atoms with Gasteiger partial charge >= 0.3 is 0 Å². The van der Waals surface area contributed by atoms with Crippen molar-refractivity contribution in [2.45, 2.75) is 32.1 Å². The van der Waals surface area contributed by atoms with Gasteiger partial charge in [0.1, 0.15) is 0 Å². The molecule has 1 N–H and O–H groups in total. The van der Waals surface area contributed by atoms with Gasteiger partial charge in [-0.3, -0.25) is 0 Å². The van der Waals surface area contributed by atoms with Gasteiger partial charge in [-0.05, 0) is 43.0 Å². The SMILES string of the molecule is CCCNCC1(c2cccc(Cl)c2)CC1C. The minimum Gasteiger partial charge on any atom is -0.316 e. The molecule has 2 rings (SSSR count). The monoisotopic (exact) mass is 237 g/mol. The molecule has 16 heavy (non-hydrogen) atoms. The van der Waals surface area contributed by atoms with Crippen LogP contribution >= 0.6 is 11.6 Å². The zero-order valence-electron chi connectivity index (χ0n) is 10.1. The van der Waals surface area contributed by atoms with E-state index in [0.717, 1.165) is 24.0 Å². The van der Waals surface area contributed by atoms with E-state index in [1.165, 1.54) is 18.4 Å². The van der Waals surface area contributed by atoms with Crippen molar-refractivity contribution in [2.75, 3.05) is 13.1 Å². The lowest BCUT2D eigenvalue weighted by molar-refractivity contribution is 0.541. The van der Waals surface area contributed by atoms with E-state index in [4.69, 9.17) is 11.6 Å². The van der Waals surface area contributed by atoms with Crippen molar-refractivity contribution in [3.63, 3.8) is 0 Å². The van der Waals surface area contributed by atoms with Gasteiger partial charge in [-0.1, -0.05) is 37.6 Å². The smallest absolute Gasteiger partial charge is 0.0408 e. The molecule has 0 saturated heterocycles. The van der Waals surface area contributed by atoms with Crippen LogP contribution in [0.4, 0.5) is 0 Å². The lowest BCUT2D eigenvalue weighted by Crippen LogP contribution is -2.28. The van der Waals surface area contributed by atoms with Crippen molar-refractivity contribution in [3.05, 3.63) is 34.9 Å². The number of rotatable bonds is 5. The fourth-order valence-electron chi connectivity index (χ4n) is 2.52. The highest BCUT2D eigenvalue weighted by Crippen LogP contribution is 2.53. The minimum absolute atomic E-state index is 0.347. The molecule has 1 fully saturated rings. The Balaban J connectivity index is 2.10. The second-order valence-corrected chi connectivity index (χ2v) is 5.38. The number of benzene rings is 1. The first kappa shape index (κ1) is 11.9. The van der Waals surface area contributed by atoms with Gasteiger partial charge in [0, 0.05) is 17.0 Å². The largest absolute Gasteiger partial charge is 0.316 e. The van der Waals surface area contributed by atoms with Gasteiger partial charge < -0.3 is 5.32 Å². The number of hydrogen-bond donors (Lipinski definition) is 1. The quantitative estimate of drug-likeness (QED) is 0.772. The van der Waals surface area contributed by atoms with Crippen molar-refractivity contribution in [1.82, 2.24) is 5.32 Å². The Labute approximate surface area is 103 Å². The van der Waals surface area contributed by atoms with Gasteiger partial charge in [-0.25, -0.2) is 0 Å². The van der Waals surface area contributed by atoms with Crippen molar-refractivity contribution in [3.8, 4) is 0 Å². The summed E-state index contributed by atoms with van der Waals surface area (Å²) in [5, 5.41) is 4.40. The maximum atomic E-state index is 6.07. The standard InChI is InChI=1S/C14H20ClN/c1-3-7-16-10-14(9-11(14)2)12-5-4-6-13(15)8-12/h4-6,8,11,16H,3,7,9-10H2,1-2H3. The third-order valence-electron chi connectivity index (χ3n) is 3.72. The summed E-state index contributed by atoms with van der Waals surface area (Å²) in [5.41, 5.74) is 1.75. The van der Waals surface area contributed by atoms with E-state index in [-0.39, 0.29) is 0 Å². The van der Waals surface area contributed by atoms with Gasteiger partial charge in [0.25, 0.3) is 0 Å². The predicted molar refractivity (Wildman–Crippen MR) is 70.1 cm³/mol. The molecule has 0 spiro atoms. The molecule has 1 aromatic rings. The maximum Gasteiger partial charge on any atom is 0.0408 e. The highest BCUT2D eigenvalue weighted by molar-refractivity contribution is 6.30. The summed E-state index contributed by atoms with van der Waals surface area (Å²) >= 11 is 6.07. The third kappa shape index (κ3) is 2.26. The molecule has 1 nitrogen and oxygen atoms in total. The molecule has 2 heteroatoms. The molecule has 2 atom stereocenters. The molecule has 1 aliphatic rings. The highest BCUT2D eigenvalue weighted by Gasteiger charge is 2.51. The van der Waals surface area contributed by atoms with Crippen LogP contribution in [0.1, 0.15) is 32.3 Å². The molecule has 2 unspecified atom stereocenters. The van der Waals surface area contributed by atoms with Crippen molar-refractivity contribution >= 4 is 11.6 Å². The van der Waals surface area contributed by atoms with Crippen LogP contribution in [-0.4, -0.2) is 13.1 Å². The molecule has 0 aromatic heterocycles. The molecule has 1 aromatic carbocycles. The first-order valence-corrected chi connectivity index (χ1v) is 6.53. The van der Waals surface area contributed by atoms with Gasteiger partial charge in [0.05, 0.1) is 0 Å². The van der Waals surface area contributed by atoms with Crippen LogP contribution in [0.5, 0.6) is 0 Å². The van der Waals surface area contributed by atoms with E-state index >= 15 is 0 Å². The van der Waals surface area contributed by atoms with E-state index in [1.807, 2.05) is 6.07 Å². The Morgan fingerprint density at radius 3 is 2.81 bits per heavy atom. The van der Waals surface area contributed by atoms with Crippen LogP contribution in [0.2, 0.25) is 5.02 Å². The van der Waals surface area contributed by atoms with Crippen LogP contribution in [0, 0.1) is 5.92 Å². The first-order valence-electron chi connectivity index (χ1n) is 6.16. The molecule has 0 amide bonds. The van der Waals surface area contributed by atoms with E-state index in [2.05, 4.69) is 37.4 Å². The van der Waals surface area contributed by atoms with E-state index in [1.54, 1.807) is 0 Å². The van der Waals surface area contributed by atoms with Gasteiger partial charge in [0.15, 0.2) is 0 Å². The number of hydrogen-bond acceptors (Lipinski definition) is 1. The molecule has 0 radical (unpaired) electrons. The first-order chi connectivity index (χ1) is 7.69. The van der Waals surface area contributed by atoms with Crippen LogP contribution < -0.4 is 5.32 Å². The lowest BCUT2D eigenvalue weighted by atomic mass is 9.93. The van der Waals surface area contributed by atoms with Gasteiger partial charge in [-0.15, -0.1) is 0 Å². The Kier molecular flexibility index (Phi) is 3.56. The van der Waals surface area contributed by atoms with Gasteiger partial charge in [-0.2, -0.15) is 0 Å². The van der Waals surface area contributed by atoms with Crippen molar-refractivity contribution in [2.24, 2.45) is 5.92 Å². The molecule has 1 aliphatic carbocycles. The minimum atomic E-state index is 0.347. The lowest BCUT2D eigenvalue weighted by Gasteiger charge is -2.18. The van der Waals surface area contributed by atoms with Crippen molar-refractivity contribution in [1.29, 1.82) is 0 Å². The molecule has 1 saturated carbocycles. The second-order valence-electron chi connectivity index (χ2n) is 4.95. The van der Waals surface area contributed by atoms with E-state index in [9.17, 15) is 0 Å². The summed E-state index contributed by atoms with van der Waals surface area (Å²) in [6, 6.07) is 8.34. The third-order valence-corrected chi connectivity index (χ3v) is 3.96. The van der Waals surface area contributed by atoms with E-state index < -0.39 is 0 Å². The zero-order valence-corrected chi connectivity index (χ0v) is 10.8. The van der Waals surface area contributed by atoms with E-state index in [0.29, 0.717) is 5.41 Å². The zero-order chi connectivity index (χ0) is 11.6. The van der Waals surface area contributed by atoms with Crippen LogP contribution in [0.25, 0.3) is 0 Å². The summed E-state index contributed by atoms with van der Waals surface area (Å²) in [5.74, 6) is 0.773. The Hall–Kier alpha value is -0.530. The summed E-state index contributed by atoms with van der Waals surface area (Å²) in [4.78, 5) is 0. The average Bonchev–Trinajstić information content (AvgIpc) is 2.91. The average molecular weight is 238 g/mol. The molecular weight excluding hydrogens is 218 g/mol. The molecule has 0 aliphatic heterocycles. The Bertz CT molecular complexity index is 364. The molecule has 88 valence electrons. The van der Waals surface area contributed by atoms with Crippen LogP contribution in [0.15, 0.2) is 24.3 Å². The molecular formula is C14H20ClN. The fourth-order valence-corrected chi connectivity index (χ4v) is 2.71. The summed E-state index contributed by atoms with van der Waals surface area (Å²) in [6.07, 6.45) is 2.48. The van der Waals surface area contributed by atoms with Crippen LogP contribution in [-0.2, 0) is 5.41 Å². The predicted octanol–water partition coefficient (Wildman–Crippen LogP) is 3.62. The van der Waals surface area contributed by atoms with Gasteiger partial charge in [0.2, 0.25) is 0 Å². The molecule has 0 heterocycles. The summed E-state index contributed by atoms with van der Waals surface area (Å²) in [7, 11) is 0.